The third kappa shape index (κ3) is 3.60. The first-order valence-corrected chi connectivity index (χ1v) is 12.4. The van der Waals surface area contributed by atoms with Crippen LogP contribution in [-0.2, 0) is 17.7 Å². The predicted molar refractivity (Wildman–Crippen MR) is 139 cm³/mol. The lowest BCUT2D eigenvalue weighted by atomic mass is 9.86. The van der Waals surface area contributed by atoms with Gasteiger partial charge in [-0.25, -0.2) is 9.37 Å². The molecule has 0 saturated carbocycles. The Hall–Kier alpha value is -4.40. The van der Waals surface area contributed by atoms with E-state index in [9.17, 15) is 4.79 Å². The van der Waals surface area contributed by atoms with Gasteiger partial charge in [0.1, 0.15) is 19.2 Å². The Morgan fingerprint density at radius 2 is 1.71 bits per heavy atom. The molecule has 3 aliphatic rings. The topological polar surface area (TPSA) is 87.5 Å². The summed E-state index contributed by atoms with van der Waals surface area (Å²) in [6.45, 7) is 1.36. The SMILES string of the molecule is COc1ccc2c(c1OC)C(=O)OC2C1=[N+](C)CCc2c(CNc3ccccc3)c3c(c(OC)c21)OCO3. The summed E-state index contributed by atoms with van der Waals surface area (Å²) in [5, 5.41) is 3.51. The average Bonchev–Trinajstić information content (AvgIpc) is 3.56. The third-order valence-corrected chi connectivity index (χ3v) is 7.34. The maximum absolute atomic E-state index is 13.2. The number of methoxy groups -OCH3 is 3. The number of fused-ring (bicyclic) bond motifs is 3. The molecule has 3 heterocycles. The summed E-state index contributed by atoms with van der Waals surface area (Å²) in [7, 11) is 6.68. The number of carbonyl (C=O) groups excluding carboxylic acids is 1. The number of nitrogens with one attached hydrogen (secondary N) is 1. The molecular formula is C29H29N2O7+. The van der Waals surface area contributed by atoms with Crippen LogP contribution in [0, 0.1) is 0 Å². The smallest absolute Gasteiger partial charge is 0.343 e. The lowest BCUT2D eigenvalue weighted by molar-refractivity contribution is -0.500. The molecule has 0 amide bonds. The van der Waals surface area contributed by atoms with Crippen molar-refractivity contribution in [2.24, 2.45) is 0 Å². The van der Waals surface area contributed by atoms with Gasteiger partial charge in [-0.05, 0) is 29.8 Å². The van der Waals surface area contributed by atoms with E-state index in [0.717, 1.165) is 41.1 Å². The van der Waals surface area contributed by atoms with E-state index in [1.165, 1.54) is 7.11 Å². The van der Waals surface area contributed by atoms with Crippen LogP contribution in [0.15, 0.2) is 42.5 Å². The highest BCUT2D eigenvalue weighted by Gasteiger charge is 2.47. The van der Waals surface area contributed by atoms with E-state index < -0.39 is 12.1 Å². The van der Waals surface area contributed by atoms with Crippen LogP contribution < -0.4 is 29.0 Å². The summed E-state index contributed by atoms with van der Waals surface area (Å²) in [4.78, 5) is 13.2. The molecule has 1 atom stereocenters. The summed E-state index contributed by atoms with van der Waals surface area (Å²) in [5.74, 6) is 2.19. The van der Waals surface area contributed by atoms with Gasteiger partial charge in [-0.3, -0.25) is 0 Å². The second-order valence-corrected chi connectivity index (χ2v) is 9.26. The van der Waals surface area contributed by atoms with E-state index in [1.54, 1.807) is 20.3 Å². The van der Waals surface area contributed by atoms with Gasteiger partial charge in [0.05, 0.1) is 26.9 Å². The molecule has 1 N–H and O–H groups in total. The van der Waals surface area contributed by atoms with Gasteiger partial charge in [0.25, 0.3) is 0 Å². The number of esters is 1. The normalized spacial score (nSPS) is 17.1. The zero-order valence-corrected chi connectivity index (χ0v) is 21.8. The van der Waals surface area contributed by atoms with E-state index in [4.69, 9.17) is 28.4 Å². The number of anilines is 1. The van der Waals surface area contributed by atoms with Gasteiger partial charge < -0.3 is 33.7 Å². The monoisotopic (exact) mass is 517 g/mol. The fourth-order valence-corrected chi connectivity index (χ4v) is 5.61. The van der Waals surface area contributed by atoms with Crippen LogP contribution in [0.3, 0.4) is 0 Å². The number of nitrogens with zero attached hydrogens (tertiary/aromatic N) is 1. The maximum Gasteiger partial charge on any atom is 0.343 e. The number of cyclic esters (lactones) is 1. The fourth-order valence-electron chi connectivity index (χ4n) is 5.61. The van der Waals surface area contributed by atoms with Crippen LogP contribution in [0.1, 0.15) is 38.7 Å². The first-order chi connectivity index (χ1) is 18.6. The summed E-state index contributed by atoms with van der Waals surface area (Å²) in [5.41, 5.74) is 5.84. The Morgan fingerprint density at radius 3 is 2.45 bits per heavy atom. The van der Waals surface area contributed by atoms with Crippen molar-refractivity contribution >= 4 is 17.4 Å². The molecule has 3 aromatic rings. The Labute approximate surface area is 220 Å². The minimum atomic E-state index is -0.662. The van der Waals surface area contributed by atoms with Crippen molar-refractivity contribution in [1.82, 2.24) is 0 Å². The summed E-state index contributed by atoms with van der Waals surface area (Å²) in [6, 6.07) is 13.7. The molecule has 0 bridgehead atoms. The van der Waals surface area contributed by atoms with Crippen LogP contribution >= 0.6 is 0 Å². The molecule has 0 aromatic heterocycles. The molecule has 9 nitrogen and oxygen atoms in total. The Morgan fingerprint density at radius 1 is 0.947 bits per heavy atom. The molecule has 0 fully saturated rings. The lowest BCUT2D eigenvalue weighted by Gasteiger charge is -2.26. The van der Waals surface area contributed by atoms with E-state index in [0.29, 0.717) is 46.4 Å². The Bertz CT molecular complexity index is 1470. The number of para-hydroxylation sites is 1. The van der Waals surface area contributed by atoms with Crippen molar-refractivity contribution in [3.8, 4) is 28.7 Å². The second kappa shape index (κ2) is 9.48. The first kappa shape index (κ1) is 24.0. The number of hydrogen-bond acceptors (Lipinski definition) is 8. The maximum atomic E-state index is 13.2. The molecule has 6 rings (SSSR count). The molecule has 3 aliphatic heterocycles. The van der Waals surface area contributed by atoms with Crippen LogP contribution in [-0.4, -0.2) is 58.0 Å². The van der Waals surface area contributed by atoms with Crippen molar-refractivity contribution in [3.63, 3.8) is 0 Å². The number of rotatable bonds is 7. The molecular weight excluding hydrogens is 488 g/mol. The minimum absolute atomic E-state index is 0.107. The van der Waals surface area contributed by atoms with Crippen LogP contribution in [0.5, 0.6) is 28.7 Å². The third-order valence-electron chi connectivity index (χ3n) is 7.34. The Balaban J connectivity index is 1.52. The number of carbonyl (C=O) groups is 1. The van der Waals surface area contributed by atoms with Crippen molar-refractivity contribution in [2.75, 3.05) is 47.0 Å². The van der Waals surface area contributed by atoms with Crippen LogP contribution in [0.2, 0.25) is 0 Å². The average molecular weight is 518 g/mol. The Kier molecular flexibility index (Phi) is 5.98. The predicted octanol–water partition coefficient (Wildman–Crippen LogP) is 3.95. The molecule has 196 valence electrons. The van der Waals surface area contributed by atoms with Gasteiger partial charge in [0.15, 0.2) is 23.0 Å². The number of hydrogen-bond donors (Lipinski definition) is 1. The van der Waals surface area contributed by atoms with Gasteiger partial charge in [-0.15, -0.1) is 0 Å². The van der Waals surface area contributed by atoms with Crippen LogP contribution in [0.25, 0.3) is 0 Å². The van der Waals surface area contributed by atoms with Gasteiger partial charge in [0.2, 0.25) is 24.4 Å². The van der Waals surface area contributed by atoms with Crippen molar-refractivity contribution < 1.29 is 37.8 Å². The van der Waals surface area contributed by atoms with Gasteiger partial charge in [-0.1, -0.05) is 18.2 Å². The standard InChI is InChI=1S/C29H29N2O7/c1-31-13-12-17-19(14-30-16-8-6-5-7-9-16)25-28(37-15-36-25)27(35-4)21(17)23(31)24-18-10-11-20(33-2)26(34-3)22(18)29(32)38-24/h5-11,24,30H,12-15H2,1-4H3/q+1. The fraction of sp³-hybridized carbons (Fsp3) is 0.310. The summed E-state index contributed by atoms with van der Waals surface area (Å²) in [6.07, 6.45) is 0.0960. The van der Waals surface area contributed by atoms with E-state index in [2.05, 4.69) is 9.89 Å². The molecule has 9 heteroatoms. The highest BCUT2D eigenvalue weighted by molar-refractivity contribution is 6.11. The number of ether oxygens (including phenoxy) is 6. The van der Waals surface area contributed by atoms with Crippen LogP contribution in [0.4, 0.5) is 5.69 Å². The van der Waals surface area contributed by atoms with E-state index in [1.807, 2.05) is 43.4 Å². The number of likely N-dealkylation sites (N-methyl/N-ethyl adjacent to an activating group) is 1. The van der Waals surface area contributed by atoms with Gasteiger partial charge in [-0.2, -0.15) is 0 Å². The van der Waals surface area contributed by atoms with E-state index >= 15 is 0 Å². The molecule has 0 aliphatic carbocycles. The number of benzene rings is 3. The minimum Gasteiger partial charge on any atom is -0.493 e. The van der Waals surface area contributed by atoms with Crippen molar-refractivity contribution in [1.29, 1.82) is 0 Å². The zero-order chi connectivity index (χ0) is 26.4. The van der Waals surface area contributed by atoms with Crippen molar-refractivity contribution in [2.45, 2.75) is 19.1 Å². The molecule has 0 spiro atoms. The lowest BCUT2D eigenvalue weighted by Crippen LogP contribution is -2.33. The largest absolute Gasteiger partial charge is 0.493 e. The molecule has 38 heavy (non-hydrogen) atoms. The first-order valence-electron chi connectivity index (χ1n) is 12.4. The molecule has 3 aromatic carbocycles. The van der Waals surface area contributed by atoms with Crippen molar-refractivity contribution in [3.05, 3.63) is 70.3 Å². The highest BCUT2D eigenvalue weighted by Crippen LogP contribution is 2.52. The second-order valence-electron chi connectivity index (χ2n) is 9.26. The quantitative estimate of drug-likeness (QED) is 0.373. The van der Waals surface area contributed by atoms with Gasteiger partial charge >= 0.3 is 5.97 Å². The molecule has 1 unspecified atom stereocenters. The highest BCUT2D eigenvalue weighted by atomic mass is 16.7. The summed E-state index contributed by atoms with van der Waals surface area (Å²) < 4.78 is 37.0. The molecule has 0 radical (unpaired) electrons. The van der Waals surface area contributed by atoms with E-state index in [-0.39, 0.29) is 6.79 Å². The molecule has 0 saturated heterocycles. The zero-order valence-electron chi connectivity index (χ0n) is 21.8. The summed E-state index contributed by atoms with van der Waals surface area (Å²) >= 11 is 0. The van der Waals surface area contributed by atoms with Gasteiger partial charge in [0, 0.05) is 29.8 Å².